The van der Waals surface area contributed by atoms with Gasteiger partial charge in [-0.3, -0.25) is 9.78 Å². The molecule has 8 heteroatoms. The van der Waals surface area contributed by atoms with Crippen molar-refractivity contribution in [2.45, 2.75) is 39.8 Å². The molecule has 0 saturated carbocycles. The van der Waals surface area contributed by atoms with Gasteiger partial charge in [0, 0.05) is 36.7 Å². The maximum atomic E-state index is 11.7. The molecule has 7 nitrogen and oxygen atoms in total. The molecular formula is C12H17N5O2S. The van der Waals surface area contributed by atoms with Crippen LogP contribution < -0.4 is 16.6 Å². The molecule has 0 unspecified atom stereocenters. The number of aromatic amines is 1. The van der Waals surface area contributed by atoms with Crippen molar-refractivity contribution >= 4 is 16.7 Å². The molecule has 0 aliphatic rings. The number of anilines is 1. The highest BCUT2D eigenvalue weighted by atomic mass is 32.1. The second-order valence-electron chi connectivity index (χ2n) is 4.67. The van der Waals surface area contributed by atoms with Crippen molar-refractivity contribution in [3.63, 3.8) is 0 Å². The third-order valence-corrected chi connectivity index (χ3v) is 3.50. The largest absolute Gasteiger partial charge is 0.356 e. The van der Waals surface area contributed by atoms with E-state index in [0.29, 0.717) is 23.8 Å². The highest BCUT2D eigenvalue weighted by Gasteiger charge is 2.09. The Labute approximate surface area is 119 Å². The van der Waals surface area contributed by atoms with E-state index in [-0.39, 0.29) is 17.2 Å². The van der Waals surface area contributed by atoms with Gasteiger partial charge in [0.15, 0.2) is 0 Å². The minimum absolute atomic E-state index is 0.271. The lowest BCUT2D eigenvalue weighted by Gasteiger charge is -2.05. The minimum Gasteiger partial charge on any atom is -0.356 e. The molecule has 2 aromatic heterocycles. The fourth-order valence-corrected chi connectivity index (χ4v) is 2.33. The lowest BCUT2D eigenvalue weighted by atomic mass is 10.2. The van der Waals surface area contributed by atoms with E-state index < -0.39 is 0 Å². The van der Waals surface area contributed by atoms with Gasteiger partial charge in [0.25, 0.3) is 5.56 Å². The molecule has 0 atom stereocenters. The second-order valence-corrected chi connectivity index (χ2v) is 5.42. The van der Waals surface area contributed by atoms with Gasteiger partial charge in [0.1, 0.15) is 5.82 Å². The maximum Gasteiger partial charge on any atom is 0.328 e. The zero-order valence-electron chi connectivity index (χ0n) is 11.6. The standard InChI is InChI=1S/C12H17N5O2S/c1-4-17-6-8(10(18)15-12(17)19)5-13-11-14-9(7(2)3)16-20-11/h6-7H,4-5H2,1-3H3,(H,13,14,16)(H,15,18,19). The summed E-state index contributed by atoms with van der Waals surface area (Å²) in [6.45, 7) is 6.71. The number of H-pyrrole nitrogens is 1. The number of hydrogen-bond acceptors (Lipinski definition) is 6. The lowest BCUT2D eigenvalue weighted by molar-refractivity contribution is 0.683. The lowest BCUT2D eigenvalue weighted by Crippen LogP contribution is -2.32. The first-order valence-electron chi connectivity index (χ1n) is 6.41. The Morgan fingerprint density at radius 1 is 1.45 bits per heavy atom. The monoisotopic (exact) mass is 295 g/mol. The molecule has 2 aromatic rings. The van der Waals surface area contributed by atoms with Crippen LogP contribution in [0, 0.1) is 0 Å². The molecule has 0 aromatic carbocycles. The van der Waals surface area contributed by atoms with Crippen molar-refractivity contribution in [3.8, 4) is 0 Å². The van der Waals surface area contributed by atoms with Crippen LogP contribution in [0.4, 0.5) is 5.13 Å². The van der Waals surface area contributed by atoms with Gasteiger partial charge in [-0.2, -0.15) is 4.37 Å². The maximum absolute atomic E-state index is 11.7. The average molecular weight is 295 g/mol. The summed E-state index contributed by atoms with van der Waals surface area (Å²) in [6, 6.07) is 0. The van der Waals surface area contributed by atoms with Crippen LogP contribution in [0.3, 0.4) is 0 Å². The Hall–Kier alpha value is -1.96. The van der Waals surface area contributed by atoms with E-state index in [1.165, 1.54) is 16.1 Å². The molecule has 20 heavy (non-hydrogen) atoms. The summed E-state index contributed by atoms with van der Waals surface area (Å²) in [5.74, 6) is 1.05. The van der Waals surface area contributed by atoms with Gasteiger partial charge in [-0.05, 0) is 6.92 Å². The van der Waals surface area contributed by atoms with Gasteiger partial charge in [-0.15, -0.1) is 0 Å². The Kier molecular flexibility index (Phi) is 4.33. The zero-order chi connectivity index (χ0) is 14.7. The summed E-state index contributed by atoms with van der Waals surface area (Å²) in [6.07, 6.45) is 1.57. The van der Waals surface area contributed by atoms with Crippen molar-refractivity contribution in [2.75, 3.05) is 5.32 Å². The molecule has 2 rings (SSSR count). The first-order valence-corrected chi connectivity index (χ1v) is 7.18. The Morgan fingerprint density at radius 3 is 2.80 bits per heavy atom. The summed E-state index contributed by atoms with van der Waals surface area (Å²) < 4.78 is 5.68. The topological polar surface area (TPSA) is 92.7 Å². The predicted molar refractivity (Wildman–Crippen MR) is 78.3 cm³/mol. The summed E-state index contributed by atoms with van der Waals surface area (Å²) in [4.78, 5) is 29.8. The van der Waals surface area contributed by atoms with E-state index in [9.17, 15) is 9.59 Å². The van der Waals surface area contributed by atoms with Crippen molar-refractivity contribution < 1.29 is 0 Å². The Morgan fingerprint density at radius 2 is 2.20 bits per heavy atom. The molecule has 2 N–H and O–H groups in total. The van der Waals surface area contributed by atoms with Crippen LogP contribution in [-0.2, 0) is 13.1 Å². The highest BCUT2D eigenvalue weighted by molar-refractivity contribution is 7.09. The van der Waals surface area contributed by atoms with E-state index in [1.54, 1.807) is 6.20 Å². The molecule has 108 valence electrons. The van der Waals surface area contributed by atoms with E-state index in [4.69, 9.17) is 0 Å². The van der Waals surface area contributed by atoms with Crippen molar-refractivity contribution in [3.05, 3.63) is 38.4 Å². The first-order chi connectivity index (χ1) is 9.51. The third-order valence-electron chi connectivity index (χ3n) is 2.81. The molecule has 0 aliphatic carbocycles. The van der Waals surface area contributed by atoms with Gasteiger partial charge < -0.3 is 9.88 Å². The molecular weight excluding hydrogens is 278 g/mol. The van der Waals surface area contributed by atoms with Gasteiger partial charge in [-0.25, -0.2) is 9.78 Å². The third kappa shape index (κ3) is 3.13. The Balaban J connectivity index is 2.14. The van der Waals surface area contributed by atoms with Gasteiger partial charge >= 0.3 is 5.69 Å². The van der Waals surface area contributed by atoms with Gasteiger partial charge in [0.05, 0.1) is 5.56 Å². The van der Waals surface area contributed by atoms with Crippen LogP contribution in [0.1, 0.15) is 38.1 Å². The van der Waals surface area contributed by atoms with Gasteiger partial charge in [0.2, 0.25) is 5.13 Å². The normalized spacial score (nSPS) is 11.0. The molecule has 0 saturated heterocycles. The number of nitrogens with one attached hydrogen (secondary N) is 2. The van der Waals surface area contributed by atoms with Crippen LogP contribution in [0.5, 0.6) is 0 Å². The molecule has 0 fully saturated rings. The van der Waals surface area contributed by atoms with Crippen LogP contribution in [-0.4, -0.2) is 18.9 Å². The van der Waals surface area contributed by atoms with E-state index in [2.05, 4.69) is 19.7 Å². The number of hydrogen-bond donors (Lipinski definition) is 2. The highest BCUT2D eigenvalue weighted by Crippen LogP contribution is 2.17. The first kappa shape index (κ1) is 14.4. The molecule has 0 radical (unpaired) electrons. The minimum atomic E-state index is -0.390. The number of aryl methyl sites for hydroxylation is 1. The van der Waals surface area contributed by atoms with Crippen molar-refractivity contribution in [2.24, 2.45) is 0 Å². The zero-order valence-corrected chi connectivity index (χ0v) is 12.5. The van der Waals surface area contributed by atoms with E-state index in [0.717, 1.165) is 5.82 Å². The van der Waals surface area contributed by atoms with Crippen LogP contribution in [0.15, 0.2) is 15.8 Å². The van der Waals surface area contributed by atoms with Crippen LogP contribution >= 0.6 is 11.5 Å². The summed E-state index contributed by atoms with van der Waals surface area (Å²) in [7, 11) is 0. The summed E-state index contributed by atoms with van der Waals surface area (Å²) in [5, 5.41) is 3.73. The van der Waals surface area contributed by atoms with E-state index >= 15 is 0 Å². The molecule has 0 bridgehead atoms. The average Bonchev–Trinajstić information content (AvgIpc) is 2.87. The quantitative estimate of drug-likeness (QED) is 0.863. The predicted octanol–water partition coefficient (Wildman–Crippen LogP) is 1.14. The SMILES string of the molecule is CCn1cc(CNc2nc(C(C)C)ns2)c(=O)[nH]c1=O. The molecule has 0 spiro atoms. The van der Waals surface area contributed by atoms with Crippen molar-refractivity contribution in [1.82, 2.24) is 18.9 Å². The number of rotatable bonds is 5. The summed E-state index contributed by atoms with van der Waals surface area (Å²) in [5.41, 5.74) is -0.271. The fraction of sp³-hybridized carbons (Fsp3) is 0.500. The van der Waals surface area contributed by atoms with Crippen LogP contribution in [0.25, 0.3) is 0 Å². The van der Waals surface area contributed by atoms with E-state index in [1.807, 2.05) is 20.8 Å². The van der Waals surface area contributed by atoms with Crippen molar-refractivity contribution in [1.29, 1.82) is 0 Å². The van der Waals surface area contributed by atoms with Crippen LogP contribution in [0.2, 0.25) is 0 Å². The molecule has 0 amide bonds. The number of nitrogens with zero attached hydrogens (tertiary/aromatic N) is 3. The Bertz CT molecular complexity index is 700. The smallest absolute Gasteiger partial charge is 0.328 e. The molecule has 2 heterocycles. The number of aromatic nitrogens is 4. The second kappa shape index (κ2) is 6.00. The van der Waals surface area contributed by atoms with Gasteiger partial charge in [-0.1, -0.05) is 13.8 Å². The molecule has 0 aliphatic heterocycles. The fourth-order valence-electron chi connectivity index (χ4n) is 1.63. The summed E-state index contributed by atoms with van der Waals surface area (Å²) >= 11 is 1.26.